The van der Waals surface area contributed by atoms with Gasteiger partial charge < -0.3 is 9.64 Å². The molecule has 0 bridgehead atoms. The van der Waals surface area contributed by atoms with Crippen LogP contribution in [0.15, 0.2) is 9.95 Å². The number of hydrogen-bond donors (Lipinski definition) is 1. The molecule has 21 heavy (non-hydrogen) atoms. The third-order valence-electron chi connectivity index (χ3n) is 3.11. The number of ether oxygens (including phenoxy) is 1. The second kappa shape index (κ2) is 6.13. The van der Waals surface area contributed by atoms with Gasteiger partial charge in [-0.2, -0.15) is 0 Å². The van der Waals surface area contributed by atoms with Gasteiger partial charge in [-0.25, -0.2) is 14.7 Å². The fraction of sp³-hybridized carbons (Fsp3) is 0.769. The summed E-state index contributed by atoms with van der Waals surface area (Å²) in [4.78, 5) is 25.2. The third kappa shape index (κ3) is 4.03. The third-order valence-corrected chi connectivity index (χ3v) is 4.35. The van der Waals surface area contributed by atoms with E-state index < -0.39 is 5.60 Å². The van der Waals surface area contributed by atoms with Crippen molar-refractivity contribution in [1.29, 1.82) is 0 Å². The summed E-state index contributed by atoms with van der Waals surface area (Å²) in [6.45, 7) is 9.35. The number of hydrogen-bond acceptors (Lipinski definition) is 5. The van der Waals surface area contributed by atoms with Gasteiger partial charge in [0.1, 0.15) is 5.60 Å². The van der Waals surface area contributed by atoms with Gasteiger partial charge in [-0.3, -0.25) is 4.57 Å². The van der Waals surface area contributed by atoms with Gasteiger partial charge in [0.25, 0.3) is 0 Å². The second-order valence-corrected chi connectivity index (χ2v) is 7.28. The first-order valence-corrected chi connectivity index (χ1v) is 7.98. The summed E-state index contributed by atoms with van der Waals surface area (Å²) in [7, 11) is 0. The topological polar surface area (TPSA) is 80.2 Å². The zero-order valence-corrected chi connectivity index (χ0v) is 13.7. The normalized spacial score (nSPS) is 19.0. The van der Waals surface area contributed by atoms with Gasteiger partial charge in [-0.05, 0) is 34.1 Å². The van der Waals surface area contributed by atoms with Gasteiger partial charge in [-0.15, -0.1) is 5.10 Å². The maximum absolute atomic E-state index is 12.0. The highest BCUT2D eigenvalue weighted by Crippen LogP contribution is 2.28. The number of likely N-dealkylation sites (tertiary alicyclic amines) is 1. The number of rotatable bonds is 3. The van der Waals surface area contributed by atoms with E-state index in [1.807, 2.05) is 27.7 Å². The molecular weight excluding hydrogens is 292 g/mol. The summed E-state index contributed by atoms with van der Waals surface area (Å²) < 4.78 is 6.97. The van der Waals surface area contributed by atoms with Crippen LogP contribution in [-0.4, -0.2) is 49.7 Å². The van der Waals surface area contributed by atoms with Crippen LogP contribution in [0.25, 0.3) is 0 Å². The van der Waals surface area contributed by atoms with Gasteiger partial charge >= 0.3 is 11.8 Å². The molecule has 2 rings (SSSR count). The minimum absolute atomic E-state index is 0.193. The number of H-pyrrole nitrogens is 1. The number of aromatic amines is 1. The van der Waals surface area contributed by atoms with E-state index >= 15 is 0 Å². The number of carbonyl (C=O) groups is 1. The molecule has 0 aliphatic carbocycles. The molecule has 2 heterocycles. The first-order chi connectivity index (χ1) is 9.80. The maximum atomic E-state index is 12.0. The summed E-state index contributed by atoms with van der Waals surface area (Å²) in [6, 6.07) is 0. The van der Waals surface area contributed by atoms with Gasteiger partial charge in [0.2, 0.25) is 0 Å². The molecule has 1 aromatic heterocycles. The standard InChI is InChI=1S/C13H22N4O3S/c1-5-17-10(18)14-15-11(17)21-9-6-7-16(8-9)12(19)20-13(2,3)4/h9H,5-8H2,1-4H3,(H,14,18). The Labute approximate surface area is 128 Å². The van der Waals surface area contributed by atoms with Crippen molar-refractivity contribution >= 4 is 17.9 Å². The van der Waals surface area contributed by atoms with Crippen LogP contribution in [0.5, 0.6) is 0 Å². The van der Waals surface area contributed by atoms with Crippen molar-refractivity contribution in [3.05, 3.63) is 10.5 Å². The van der Waals surface area contributed by atoms with Crippen molar-refractivity contribution < 1.29 is 9.53 Å². The molecule has 1 atom stereocenters. The lowest BCUT2D eigenvalue weighted by molar-refractivity contribution is 0.0295. The molecule has 0 saturated carbocycles. The van der Waals surface area contributed by atoms with Crippen molar-refractivity contribution in [3.8, 4) is 0 Å². The molecule has 1 saturated heterocycles. The highest BCUT2D eigenvalue weighted by atomic mass is 32.2. The summed E-state index contributed by atoms with van der Waals surface area (Å²) in [5, 5.41) is 7.41. The van der Waals surface area contributed by atoms with Crippen molar-refractivity contribution in [2.45, 2.75) is 56.7 Å². The van der Waals surface area contributed by atoms with Crippen molar-refractivity contribution in [3.63, 3.8) is 0 Å². The molecule has 8 heteroatoms. The molecule has 1 unspecified atom stereocenters. The van der Waals surface area contributed by atoms with Crippen molar-refractivity contribution in [1.82, 2.24) is 19.7 Å². The van der Waals surface area contributed by atoms with Crippen LogP contribution in [0.3, 0.4) is 0 Å². The van der Waals surface area contributed by atoms with E-state index in [1.165, 1.54) is 11.8 Å². The number of amides is 1. The first kappa shape index (κ1) is 15.9. The number of aromatic nitrogens is 3. The maximum Gasteiger partial charge on any atom is 0.410 e. The lowest BCUT2D eigenvalue weighted by Crippen LogP contribution is -2.35. The molecule has 7 nitrogen and oxygen atoms in total. The number of thioether (sulfide) groups is 1. The Morgan fingerprint density at radius 2 is 2.24 bits per heavy atom. The van der Waals surface area contributed by atoms with Crippen LogP contribution in [0, 0.1) is 0 Å². The molecule has 0 spiro atoms. The first-order valence-electron chi connectivity index (χ1n) is 7.10. The molecule has 118 valence electrons. The van der Waals surface area contributed by atoms with Crippen LogP contribution in [0.4, 0.5) is 4.79 Å². The molecule has 0 aromatic carbocycles. The minimum Gasteiger partial charge on any atom is -0.444 e. The summed E-state index contributed by atoms with van der Waals surface area (Å²) in [5.41, 5.74) is -0.672. The smallest absolute Gasteiger partial charge is 0.410 e. The van der Waals surface area contributed by atoms with Crippen molar-refractivity contribution in [2.75, 3.05) is 13.1 Å². The average Bonchev–Trinajstić information content (AvgIpc) is 2.95. The molecule has 1 amide bonds. The Hall–Kier alpha value is -1.44. The lowest BCUT2D eigenvalue weighted by Gasteiger charge is -2.24. The monoisotopic (exact) mass is 314 g/mol. The van der Waals surface area contributed by atoms with E-state index in [1.54, 1.807) is 9.47 Å². The fourth-order valence-corrected chi connectivity index (χ4v) is 3.35. The van der Waals surface area contributed by atoms with E-state index in [0.717, 1.165) is 6.42 Å². The van der Waals surface area contributed by atoms with Gasteiger partial charge in [-0.1, -0.05) is 11.8 Å². The molecule has 1 aromatic rings. The largest absolute Gasteiger partial charge is 0.444 e. The van der Waals surface area contributed by atoms with E-state index in [2.05, 4.69) is 10.2 Å². The molecule has 1 N–H and O–H groups in total. The fourth-order valence-electron chi connectivity index (χ4n) is 2.14. The Kier molecular flexibility index (Phi) is 4.65. The highest BCUT2D eigenvalue weighted by molar-refractivity contribution is 7.99. The Bertz CT molecular complexity index is 560. The highest BCUT2D eigenvalue weighted by Gasteiger charge is 2.31. The van der Waals surface area contributed by atoms with Crippen LogP contribution >= 0.6 is 11.8 Å². The quantitative estimate of drug-likeness (QED) is 0.918. The molecule has 1 aliphatic rings. The Morgan fingerprint density at radius 3 is 2.86 bits per heavy atom. The van der Waals surface area contributed by atoms with E-state index in [-0.39, 0.29) is 17.0 Å². The van der Waals surface area contributed by atoms with Crippen LogP contribution in [0.1, 0.15) is 34.1 Å². The van der Waals surface area contributed by atoms with Crippen LogP contribution in [0.2, 0.25) is 0 Å². The molecule has 1 fully saturated rings. The summed E-state index contributed by atoms with van der Waals surface area (Å²) >= 11 is 1.53. The SMILES string of the molecule is CCn1c(SC2CCN(C(=O)OC(C)(C)C)C2)n[nH]c1=O. The van der Waals surface area contributed by atoms with Gasteiger partial charge in [0.05, 0.1) is 0 Å². The average molecular weight is 314 g/mol. The van der Waals surface area contributed by atoms with Crippen LogP contribution < -0.4 is 5.69 Å². The molecule has 1 aliphatic heterocycles. The zero-order valence-electron chi connectivity index (χ0n) is 12.9. The van der Waals surface area contributed by atoms with Crippen molar-refractivity contribution in [2.24, 2.45) is 0 Å². The lowest BCUT2D eigenvalue weighted by atomic mass is 10.2. The Morgan fingerprint density at radius 1 is 1.52 bits per heavy atom. The van der Waals surface area contributed by atoms with E-state index in [4.69, 9.17) is 4.74 Å². The molecule has 0 radical (unpaired) electrons. The second-order valence-electron chi connectivity index (χ2n) is 6.01. The molecular formula is C13H22N4O3S. The van der Waals surface area contributed by atoms with Gasteiger partial charge in [0.15, 0.2) is 5.16 Å². The number of carbonyl (C=O) groups excluding carboxylic acids is 1. The summed E-state index contributed by atoms with van der Waals surface area (Å²) in [5.74, 6) is 0. The van der Waals surface area contributed by atoms with Gasteiger partial charge in [0, 0.05) is 24.9 Å². The predicted molar refractivity (Wildman–Crippen MR) is 80.6 cm³/mol. The number of nitrogens with zero attached hydrogens (tertiary/aromatic N) is 3. The van der Waals surface area contributed by atoms with E-state index in [0.29, 0.717) is 24.8 Å². The minimum atomic E-state index is -0.479. The number of nitrogens with one attached hydrogen (secondary N) is 1. The summed E-state index contributed by atoms with van der Waals surface area (Å²) in [6.07, 6.45) is 0.592. The van der Waals surface area contributed by atoms with Crippen LogP contribution in [-0.2, 0) is 11.3 Å². The Balaban J connectivity index is 1.93. The zero-order chi connectivity index (χ0) is 15.6. The predicted octanol–water partition coefficient (Wildman–Crippen LogP) is 1.69. The van der Waals surface area contributed by atoms with E-state index in [9.17, 15) is 9.59 Å².